The van der Waals surface area contributed by atoms with E-state index in [-0.39, 0.29) is 12.5 Å². The topological polar surface area (TPSA) is 86.7 Å². The fraction of sp³-hybridized carbons (Fsp3) is 0.526. The molecule has 0 unspecified atom stereocenters. The first-order valence-electron chi connectivity index (χ1n) is 8.77. The maximum Gasteiger partial charge on any atom is 0.329 e. The Hall–Kier alpha value is -2.37. The van der Waals surface area contributed by atoms with Gasteiger partial charge in [-0.05, 0) is 24.8 Å². The Balaban J connectivity index is 1.95. The molecule has 0 saturated heterocycles. The van der Waals surface area contributed by atoms with Gasteiger partial charge in [0, 0.05) is 13.5 Å². The molecule has 0 aromatic heterocycles. The number of amides is 2. The van der Waals surface area contributed by atoms with E-state index >= 15 is 0 Å². The highest BCUT2D eigenvalue weighted by Crippen LogP contribution is 2.28. The zero-order chi connectivity index (χ0) is 18.3. The second-order valence-electron chi connectivity index (χ2n) is 6.67. The number of carboxylic acids is 1. The average molecular weight is 346 g/mol. The molecule has 0 atom stereocenters. The van der Waals surface area contributed by atoms with E-state index in [1.54, 1.807) is 0 Å². The van der Waals surface area contributed by atoms with Crippen LogP contribution in [0, 0.1) is 0 Å². The predicted octanol–water partition coefficient (Wildman–Crippen LogP) is 1.98. The van der Waals surface area contributed by atoms with Gasteiger partial charge in [-0.3, -0.25) is 9.59 Å². The molecule has 0 radical (unpaired) electrons. The summed E-state index contributed by atoms with van der Waals surface area (Å²) in [7, 11) is 0. The van der Waals surface area contributed by atoms with Gasteiger partial charge < -0.3 is 15.3 Å². The van der Waals surface area contributed by atoms with Crippen molar-refractivity contribution in [3.63, 3.8) is 0 Å². The van der Waals surface area contributed by atoms with Crippen molar-refractivity contribution in [1.29, 1.82) is 0 Å². The summed E-state index contributed by atoms with van der Waals surface area (Å²) in [5.41, 5.74) is -0.0968. The Morgan fingerprint density at radius 1 is 1.12 bits per heavy atom. The van der Waals surface area contributed by atoms with Gasteiger partial charge in [0.1, 0.15) is 5.54 Å². The number of carbonyl (C=O) groups excluding carboxylic acids is 2. The molecule has 1 aliphatic rings. The number of nitrogens with zero attached hydrogens (tertiary/aromatic N) is 1. The van der Waals surface area contributed by atoms with Gasteiger partial charge in [-0.15, -0.1) is 0 Å². The van der Waals surface area contributed by atoms with E-state index in [9.17, 15) is 19.5 Å². The minimum atomic E-state index is -1.18. The summed E-state index contributed by atoms with van der Waals surface area (Å²) in [6.45, 7) is 1.73. The molecular weight excluding hydrogens is 320 g/mol. The molecule has 6 heteroatoms. The first-order chi connectivity index (χ1) is 11.9. The molecule has 136 valence electrons. The monoisotopic (exact) mass is 346 g/mol. The van der Waals surface area contributed by atoms with Crippen LogP contribution < -0.4 is 5.32 Å². The van der Waals surface area contributed by atoms with E-state index in [2.05, 4.69) is 5.32 Å². The minimum Gasteiger partial charge on any atom is -0.480 e. The third kappa shape index (κ3) is 5.31. The van der Waals surface area contributed by atoms with Gasteiger partial charge in [-0.25, -0.2) is 4.79 Å². The fourth-order valence-electron chi connectivity index (χ4n) is 3.28. The SMILES string of the molecule is CC(=O)N(CCc1ccccc1)CC(=O)NC1(C(=O)O)CCCCC1. The lowest BCUT2D eigenvalue weighted by Crippen LogP contribution is -2.57. The van der Waals surface area contributed by atoms with Crippen LogP contribution in [0.5, 0.6) is 0 Å². The number of benzene rings is 1. The van der Waals surface area contributed by atoms with Crippen molar-refractivity contribution in [2.24, 2.45) is 0 Å². The molecule has 0 bridgehead atoms. The number of hydrogen-bond acceptors (Lipinski definition) is 3. The van der Waals surface area contributed by atoms with Crippen LogP contribution >= 0.6 is 0 Å². The van der Waals surface area contributed by atoms with Crippen molar-refractivity contribution >= 4 is 17.8 Å². The predicted molar refractivity (Wildman–Crippen MR) is 94.0 cm³/mol. The van der Waals surface area contributed by atoms with Crippen molar-refractivity contribution in [3.8, 4) is 0 Å². The molecule has 1 saturated carbocycles. The van der Waals surface area contributed by atoms with Crippen molar-refractivity contribution in [3.05, 3.63) is 35.9 Å². The summed E-state index contributed by atoms with van der Waals surface area (Å²) in [5, 5.41) is 12.2. The van der Waals surface area contributed by atoms with Gasteiger partial charge in [-0.1, -0.05) is 49.6 Å². The largest absolute Gasteiger partial charge is 0.480 e. The molecule has 2 amide bonds. The van der Waals surface area contributed by atoms with Gasteiger partial charge in [0.15, 0.2) is 0 Å². The summed E-state index contributed by atoms with van der Waals surface area (Å²) in [4.78, 5) is 37.3. The summed E-state index contributed by atoms with van der Waals surface area (Å²) < 4.78 is 0. The highest BCUT2D eigenvalue weighted by molar-refractivity contribution is 5.89. The molecule has 2 rings (SSSR count). The third-order valence-electron chi connectivity index (χ3n) is 4.79. The first-order valence-corrected chi connectivity index (χ1v) is 8.77. The molecule has 0 aliphatic heterocycles. The number of rotatable bonds is 7. The quantitative estimate of drug-likeness (QED) is 0.790. The van der Waals surface area contributed by atoms with Crippen LogP contribution in [0.25, 0.3) is 0 Å². The van der Waals surface area contributed by atoms with Gasteiger partial charge in [-0.2, -0.15) is 0 Å². The molecule has 0 heterocycles. The number of carbonyl (C=O) groups is 3. The summed E-state index contributed by atoms with van der Waals surface area (Å²) in [6, 6.07) is 9.73. The second-order valence-corrected chi connectivity index (χ2v) is 6.67. The molecule has 2 N–H and O–H groups in total. The van der Waals surface area contributed by atoms with E-state index in [0.717, 1.165) is 24.8 Å². The molecule has 0 spiro atoms. The van der Waals surface area contributed by atoms with Crippen LogP contribution in [0.1, 0.15) is 44.6 Å². The molecule has 25 heavy (non-hydrogen) atoms. The standard InChI is InChI=1S/C19H26N2O4/c1-15(22)21(13-10-16-8-4-2-5-9-16)14-17(23)20-19(18(24)25)11-6-3-7-12-19/h2,4-5,8-9H,3,6-7,10-14H2,1H3,(H,20,23)(H,24,25). The highest BCUT2D eigenvalue weighted by Gasteiger charge is 2.41. The Bertz CT molecular complexity index is 609. The van der Waals surface area contributed by atoms with E-state index in [0.29, 0.717) is 25.8 Å². The third-order valence-corrected chi connectivity index (χ3v) is 4.79. The Morgan fingerprint density at radius 3 is 2.32 bits per heavy atom. The van der Waals surface area contributed by atoms with Crippen LogP contribution in [0.15, 0.2) is 30.3 Å². The van der Waals surface area contributed by atoms with Crippen molar-refractivity contribution in [2.75, 3.05) is 13.1 Å². The molecule has 1 aliphatic carbocycles. The van der Waals surface area contributed by atoms with Crippen molar-refractivity contribution in [1.82, 2.24) is 10.2 Å². The number of hydrogen-bond donors (Lipinski definition) is 2. The number of aliphatic carboxylic acids is 1. The van der Waals surface area contributed by atoms with Crippen LogP contribution in [0.4, 0.5) is 0 Å². The summed E-state index contributed by atoms with van der Waals surface area (Å²) in [5.74, 6) is -1.59. The lowest BCUT2D eigenvalue weighted by molar-refractivity contribution is -0.149. The van der Waals surface area contributed by atoms with Crippen LogP contribution in [0.2, 0.25) is 0 Å². The summed E-state index contributed by atoms with van der Waals surface area (Å²) >= 11 is 0. The zero-order valence-corrected chi connectivity index (χ0v) is 14.7. The summed E-state index contributed by atoms with van der Waals surface area (Å²) in [6.07, 6.45) is 4.10. The van der Waals surface area contributed by atoms with Crippen LogP contribution in [0.3, 0.4) is 0 Å². The Labute approximate surface area is 148 Å². The second kappa shape index (κ2) is 8.65. The van der Waals surface area contributed by atoms with Crippen LogP contribution in [-0.2, 0) is 20.8 Å². The molecule has 1 aromatic carbocycles. The van der Waals surface area contributed by atoms with Crippen molar-refractivity contribution < 1.29 is 19.5 Å². The lowest BCUT2D eigenvalue weighted by Gasteiger charge is -2.34. The van der Waals surface area contributed by atoms with Gasteiger partial charge >= 0.3 is 5.97 Å². The number of nitrogens with one attached hydrogen (secondary N) is 1. The number of carboxylic acid groups (broad SMARTS) is 1. The molecular formula is C19H26N2O4. The Kier molecular flexibility index (Phi) is 6.56. The van der Waals surface area contributed by atoms with E-state index in [1.165, 1.54) is 11.8 Å². The Morgan fingerprint density at radius 2 is 1.76 bits per heavy atom. The normalized spacial score (nSPS) is 16.0. The van der Waals surface area contributed by atoms with Gasteiger partial charge in [0.2, 0.25) is 11.8 Å². The molecule has 6 nitrogen and oxygen atoms in total. The van der Waals surface area contributed by atoms with Gasteiger partial charge in [0.05, 0.1) is 6.54 Å². The first kappa shape index (κ1) is 19.0. The fourth-order valence-corrected chi connectivity index (χ4v) is 3.28. The van der Waals surface area contributed by atoms with E-state index < -0.39 is 17.4 Å². The molecule has 1 fully saturated rings. The van der Waals surface area contributed by atoms with Crippen molar-refractivity contribution in [2.45, 2.75) is 51.0 Å². The van der Waals surface area contributed by atoms with E-state index in [1.807, 2.05) is 30.3 Å². The van der Waals surface area contributed by atoms with Crippen LogP contribution in [-0.4, -0.2) is 46.4 Å². The van der Waals surface area contributed by atoms with Gasteiger partial charge in [0.25, 0.3) is 0 Å². The minimum absolute atomic E-state index is 0.114. The smallest absolute Gasteiger partial charge is 0.329 e. The molecule has 1 aromatic rings. The maximum absolute atomic E-state index is 12.4. The lowest BCUT2D eigenvalue weighted by atomic mass is 9.81. The average Bonchev–Trinajstić information content (AvgIpc) is 2.60. The maximum atomic E-state index is 12.4. The zero-order valence-electron chi connectivity index (χ0n) is 14.7. The van der Waals surface area contributed by atoms with E-state index in [4.69, 9.17) is 0 Å². The highest BCUT2D eigenvalue weighted by atomic mass is 16.4.